The van der Waals surface area contributed by atoms with Gasteiger partial charge in [0.25, 0.3) is 0 Å². The molecule has 0 bridgehead atoms. The van der Waals surface area contributed by atoms with E-state index < -0.39 is 42.0 Å². The van der Waals surface area contributed by atoms with Gasteiger partial charge in [-0.15, -0.1) is 10.2 Å². The van der Waals surface area contributed by atoms with Crippen LogP contribution in [0.4, 0.5) is 26.3 Å². The first-order chi connectivity index (χ1) is 19.7. The van der Waals surface area contributed by atoms with Gasteiger partial charge >= 0.3 is 12.4 Å². The highest BCUT2D eigenvalue weighted by molar-refractivity contribution is 6.42. The molecule has 0 saturated carbocycles. The summed E-state index contributed by atoms with van der Waals surface area (Å²) in [6.45, 7) is 0.426. The number of alkyl halides is 6. The second kappa shape index (κ2) is 11.7. The molecule has 0 radical (unpaired) electrons. The van der Waals surface area contributed by atoms with Crippen molar-refractivity contribution in [1.29, 1.82) is 0 Å². The first-order valence-electron chi connectivity index (χ1n) is 13.4. The van der Waals surface area contributed by atoms with E-state index in [9.17, 15) is 31.1 Å². The number of carbonyl (C=O) groups is 1. The van der Waals surface area contributed by atoms with Crippen molar-refractivity contribution in [3.8, 4) is 0 Å². The van der Waals surface area contributed by atoms with Crippen molar-refractivity contribution in [1.82, 2.24) is 24.6 Å². The Balaban J connectivity index is 1.55. The van der Waals surface area contributed by atoms with Gasteiger partial charge in [0.15, 0.2) is 5.82 Å². The highest BCUT2D eigenvalue weighted by Gasteiger charge is 2.39. The van der Waals surface area contributed by atoms with Crippen LogP contribution in [0.1, 0.15) is 65.2 Å². The minimum absolute atomic E-state index is 0.0347. The summed E-state index contributed by atoms with van der Waals surface area (Å²) in [6.07, 6.45) is -6.85. The lowest BCUT2D eigenvalue weighted by Gasteiger charge is -2.33. The molecule has 14 heteroatoms. The molecule has 1 saturated heterocycles. The van der Waals surface area contributed by atoms with Gasteiger partial charge in [0, 0.05) is 25.9 Å². The zero-order valence-electron chi connectivity index (χ0n) is 22.4. The number of piperidine rings is 1. The molecule has 3 heterocycles. The third kappa shape index (κ3) is 6.40. The summed E-state index contributed by atoms with van der Waals surface area (Å²) in [5.41, 5.74) is -2.46. The van der Waals surface area contributed by atoms with Crippen LogP contribution in [0.15, 0.2) is 36.4 Å². The fourth-order valence-electron chi connectivity index (χ4n) is 5.70. The highest BCUT2D eigenvalue weighted by Crippen LogP contribution is 2.38. The molecule has 0 aliphatic carbocycles. The van der Waals surface area contributed by atoms with Crippen molar-refractivity contribution in [3.63, 3.8) is 0 Å². The van der Waals surface area contributed by atoms with Crippen LogP contribution >= 0.6 is 23.2 Å². The minimum Gasteiger partial charge on any atom is -0.336 e. The summed E-state index contributed by atoms with van der Waals surface area (Å²) in [5.74, 6) is 0.654. The molecule has 1 amide bonds. The zero-order chi connectivity index (χ0) is 30.4. The lowest BCUT2D eigenvalue weighted by Crippen LogP contribution is -2.38. The van der Waals surface area contributed by atoms with Crippen molar-refractivity contribution in [3.05, 3.63) is 80.3 Å². The fraction of sp³-hybridized carbons (Fsp3) is 0.464. The normalized spacial score (nSPS) is 20.5. The van der Waals surface area contributed by atoms with Crippen LogP contribution in [0.3, 0.4) is 0 Å². The molecule has 3 aromatic rings. The van der Waals surface area contributed by atoms with E-state index in [1.54, 1.807) is 22.8 Å². The van der Waals surface area contributed by atoms with Crippen molar-refractivity contribution in [2.75, 3.05) is 20.1 Å². The standard InChI is InChI=1S/C28H27Cl2F6N5O/c1-39-8-3-2-4-22(39)25-38-37-24-7-9-40(15-17-10-18(27(31,32)33)14-19(11-17)28(34,35)36)26(42)23(41(24)25)13-16-5-6-20(29)21(30)12-16/h5-6,10-12,14,22-23H,2-4,7-9,13,15H2,1H3. The SMILES string of the molecule is CN1CCCCC1c1nnc2n1C(Cc1ccc(Cl)c(Cl)c1)C(=O)N(Cc1cc(C(F)(F)F)cc(C(F)(F)F)c1)CC2. The number of fused-ring (bicyclic) bond motifs is 1. The molecule has 2 unspecified atom stereocenters. The predicted octanol–water partition coefficient (Wildman–Crippen LogP) is 7.15. The Morgan fingerprint density at radius 3 is 2.19 bits per heavy atom. The van der Waals surface area contributed by atoms with E-state index in [1.165, 1.54) is 4.90 Å². The second-order valence-corrected chi connectivity index (χ2v) is 11.5. The molecule has 0 spiro atoms. The van der Waals surface area contributed by atoms with E-state index in [0.29, 0.717) is 34.4 Å². The molecule has 1 aromatic heterocycles. The van der Waals surface area contributed by atoms with Crippen LogP contribution in [0.5, 0.6) is 0 Å². The van der Waals surface area contributed by atoms with Crippen LogP contribution in [0.25, 0.3) is 0 Å². The fourth-order valence-corrected chi connectivity index (χ4v) is 6.02. The Morgan fingerprint density at radius 1 is 0.881 bits per heavy atom. The number of carbonyl (C=O) groups excluding carboxylic acids is 1. The van der Waals surface area contributed by atoms with E-state index in [4.69, 9.17) is 23.2 Å². The van der Waals surface area contributed by atoms with Gasteiger partial charge in [-0.25, -0.2) is 0 Å². The second-order valence-electron chi connectivity index (χ2n) is 10.7. The van der Waals surface area contributed by atoms with Gasteiger partial charge in [0.2, 0.25) is 5.91 Å². The number of aromatic nitrogens is 3. The molecule has 5 rings (SSSR count). The van der Waals surface area contributed by atoms with E-state index in [1.807, 2.05) is 7.05 Å². The zero-order valence-corrected chi connectivity index (χ0v) is 24.0. The third-order valence-corrected chi connectivity index (χ3v) is 8.55. The maximum absolute atomic E-state index is 14.2. The average Bonchev–Trinajstić information content (AvgIpc) is 3.28. The van der Waals surface area contributed by atoms with Crippen molar-refractivity contribution >= 4 is 29.1 Å². The Hall–Kier alpha value is -2.83. The number of halogens is 8. The smallest absolute Gasteiger partial charge is 0.336 e. The topological polar surface area (TPSA) is 54.3 Å². The Bertz CT molecular complexity index is 1440. The highest BCUT2D eigenvalue weighted by atomic mass is 35.5. The summed E-state index contributed by atoms with van der Waals surface area (Å²) in [5, 5.41) is 9.45. The number of likely N-dealkylation sites (tertiary alicyclic amines) is 1. The van der Waals surface area contributed by atoms with Crippen LogP contribution < -0.4 is 0 Å². The largest absolute Gasteiger partial charge is 0.416 e. The maximum Gasteiger partial charge on any atom is 0.416 e. The monoisotopic (exact) mass is 633 g/mol. The molecule has 2 atom stereocenters. The predicted molar refractivity (Wildman–Crippen MR) is 144 cm³/mol. The van der Waals surface area contributed by atoms with E-state index >= 15 is 0 Å². The molecule has 2 aromatic carbocycles. The van der Waals surface area contributed by atoms with Crippen LogP contribution in [-0.2, 0) is 36.5 Å². The molecule has 42 heavy (non-hydrogen) atoms. The maximum atomic E-state index is 14.2. The van der Waals surface area contributed by atoms with E-state index in [0.717, 1.165) is 25.8 Å². The molecule has 6 nitrogen and oxygen atoms in total. The van der Waals surface area contributed by atoms with Gasteiger partial charge in [0.1, 0.15) is 11.9 Å². The van der Waals surface area contributed by atoms with Gasteiger partial charge in [-0.1, -0.05) is 35.7 Å². The molecular weight excluding hydrogens is 607 g/mol. The van der Waals surface area contributed by atoms with Gasteiger partial charge in [-0.3, -0.25) is 9.69 Å². The first kappa shape index (κ1) is 30.6. The Morgan fingerprint density at radius 2 is 1.57 bits per heavy atom. The van der Waals surface area contributed by atoms with E-state index in [2.05, 4.69) is 15.1 Å². The number of hydrogen-bond acceptors (Lipinski definition) is 4. The van der Waals surface area contributed by atoms with Gasteiger partial charge in [-0.05, 0) is 67.9 Å². The number of amides is 1. The lowest BCUT2D eigenvalue weighted by molar-refractivity contribution is -0.143. The molecule has 2 aliphatic heterocycles. The number of hydrogen-bond donors (Lipinski definition) is 0. The first-order valence-corrected chi connectivity index (χ1v) is 14.1. The Kier molecular flexibility index (Phi) is 8.52. The van der Waals surface area contributed by atoms with Gasteiger partial charge in [-0.2, -0.15) is 26.3 Å². The Labute approximate surface area is 248 Å². The average molecular weight is 634 g/mol. The molecule has 1 fully saturated rings. The number of rotatable bonds is 5. The lowest BCUT2D eigenvalue weighted by atomic mass is 10.00. The minimum atomic E-state index is -5.00. The van der Waals surface area contributed by atoms with Crippen molar-refractivity contribution in [2.45, 2.75) is 63.1 Å². The summed E-state index contributed by atoms with van der Waals surface area (Å²) in [6, 6.07) is 5.33. The third-order valence-electron chi connectivity index (χ3n) is 7.81. The summed E-state index contributed by atoms with van der Waals surface area (Å²) < 4.78 is 82.9. The van der Waals surface area contributed by atoms with Gasteiger partial charge < -0.3 is 9.47 Å². The molecule has 226 valence electrons. The van der Waals surface area contributed by atoms with E-state index in [-0.39, 0.29) is 42.1 Å². The molecule has 2 aliphatic rings. The summed E-state index contributed by atoms with van der Waals surface area (Å²) >= 11 is 12.3. The van der Waals surface area contributed by atoms with Crippen LogP contribution in [-0.4, -0.2) is 50.6 Å². The summed E-state index contributed by atoms with van der Waals surface area (Å²) in [4.78, 5) is 17.6. The molecule has 0 N–H and O–H groups in total. The molecular formula is C28H27Cl2F6N5O. The van der Waals surface area contributed by atoms with Crippen LogP contribution in [0, 0.1) is 0 Å². The number of nitrogens with zero attached hydrogens (tertiary/aromatic N) is 5. The van der Waals surface area contributed by atoms with Crippen molar-refractivity contribution < 1.29 is 31.1 Å². The van der Waals surface area contributed by atoms with Crippen LogP contribution in [0.2, 0.25) is 10.0 Å². The quantitative estimate of drug-likeness (QED) is 0.280. The van der Waals surface area contributed by atoms with Gasteiger partial charge in [0.05, 0.1) is 27.2 Å². The number of benzene rings is 2. The van der Waals surface area contributed by atoms with Crippen molar-refractivity contribution in [2.24, 2.45) is 0 Å². The summed E-state index contributed by atoms with van der Waals surface area (Å²) in [7, 11) is 1.97.